The predicted molar refractivity (Wildman–Crippen MR) is 99.8 cm³/mol. The Morgan fingerprint density at radius 2 is 1.96 bits per heavy atom. The lowest BCUT2D eigenvalue weighted by atomic mass is 10.1. The smallest absolute Gasteiger partial charge is 0.123 e. The van der Waals surface area contributed by atoms with Crippen LogP contribution < -0.4 is 0 Å². The number of hydrogen-bond acceptors (Lipinski definition) is 3. The average molecular weight is 347 g/mol. The van der Waals surface area contributed by atoms with Crippen LogP contribution in [0, 0.1) is 5.82 Å². The van der Waals surface area contributed by atoms with Gasteiger partial charge in [0.1, 0.15) is 5.82 Å². The van der Waals surface area contributed by atoms with E-state index in [1.807, 2.05) is 11.6 Å². The summed E-state index contributed by atoms with van der Waals surface area (Å²) in [6.07, 6.45) is 5.53. The minimum absolute atomic E-state index is 0.240. The zero-order valence-electron chi connectivity index (χ0n) is 15.6. The molecule has 1 N–H and O–H groups in total. The number of rotatable bonds is 10. The second kappa shape index (κ2) is 9.68. The number of unbranched alkanes of at least 4 members (excludes halogenated alkanes) is 1. The lowest BCUT2D eigenvalue weighted by Crippen LogP contribution is -2.19. The summed E-state index contributed by atoms with van der Waals surface area (Å²) in [6, 6.07) is 6.50. The highest BCUT2D eigenvalue weighted by Crippen LogP contribution is 2.24. The van der Waals surface area contributed by atoms with Crippen LogP contribution in [-0.2, 0) is 13.1 Å². The molecule has 0 saturated carbocycles. The van der Waals surface area contributed by atoms with E-state index in [2.05, 4.69) is 25.1 Å². The summed E-state index contributed by atoms with van der Waals surface area (Å²) in [5.74, 6) is -0.240. The zero-order valence-corrected chi connectivity index (χ0v) is 15.6. The van der Waals surface area contributed by atoms with Gasteiger partial charge < -0.3 is 10.0 Å². The first-order valence-corrected chi connectivity index (χ1v) is 9.22. The van der Waals surface area contributed by atoms with E-state index in [0.717, 1.165) is 36.3 Å². The fraction of sp³-hybridized carbons (Fsp3) is 0.550. The van der Waals surface area contributed by atoms with Crippen LogP contribution >= 0.6 is 0 Å². The first-order chi connectivity index (χ1) is 12.0. The number of nitrogens with zero attached hydrogens (tertiary/aromatic N) is 3. The van der Waals surface area contributed by atoms with Gasteiger partial charge >= 0.3 is 0 Å². The van der Waals surface area contributed by atoms with Crippen LogP contribution in [0.1, 0.15) is 45.1 Å². The Labute approximate surface area is 150 Å². The van der Waals surface area contributed by atoms with Gasteiger partial charge in [0, 0.05) is 30.4 Å². The van der Waals surface area contributed by atoms with Crippen molar-refractivity contribution in [2.24, 2.45) is 0 Å². The van der Waals surface area contributed by atoms with Gasteiger partial charge in [-0.15, -0.1) is 0 Å². The lowest BCUT2D eigenvalue weighted by molar-refractivity contribution is 0.153. The third-order valence-corrected chi connectivity index (χ3v) is 4.45. The molecule has 0 aliphatic rings. The van der Waals surface area contributed by atoms with Crippen LogP contribution in [0.3, 0.4) is 0 Å². The van der Waals surface area contributed by atoms with Crippen LogP contribution in [-0.4, -0.2) is 39.5 Å². The summed E-state index contributed by atoms with van der Waals surface area (Å²) in [5.41, 5.74) is 2.96. The number of halogens is 1. The Morgan fingerprint density at radius 1 is 1.24 bits per heavy atom. The molecule has 2 rings (SSSR count). The number of hydrogen-bond donors (Lipinski definition) is 1. The fourth-order valence-electron chi connectivity index (χ4n) is 2.83. The van der Waals surface area contributed by atoms with Crippen molar-refractivity contribution in [2.45, 2.75) is 58.7 Å². The summed E-state index contributed by atoms with van der Waals surface area (Å²) >= 11 is 0. The number of aryl methyl sites for hydroxylation is 1. The molecular weight excluding hydrogens is 317 g/mol. The van der Waals surface area contributed by atoms with E-state index >= 15 is 0 Å². The highest BCUT2D eigenvalue weighted by atomic mass is 19.1. The van der Waals surface area contributed by atoms with Crippen molar-refractivity contribution in [3.8, 4) is 11.3 Å². The van der Waals surface area contributed by atoms with Gasteiger partial charge in [0.2, 0.25) is 0 Å². The molecule has 5 heteroatoms. The van der Waals surface area contributed by atoms with Gasteiger partial charge in [-0.1, -0.05) is 20.3 Å². The topological polar surface area (TPSA) is 41.3 Å². The van der Waals surface area contributed by atoms with Gasteiger partial charge in [0.25, 0.3) is 0 Å². The predicted octanol–water partition coefficient (Wildman–Crippen LogP) is 4.08. The second-order valence-electron chi connectivity index (χ2n) is 6.71. The Balaban J connectivity index is 2.21. The molecule has 0 aliphatic heterocycles. The number of benzene rings is 1. The Morgan fingerprint density at radius 3 is 2.60 bits per heavy atom. The van der Waals surface area contributed by atoms with Gasteiger partial charge in [-0.05, 0) is 57.1 Å². The summed E-state index contributed by atoms with van der Waals surface area (Å²) in [4.78, 5) is 2.29. The summed E-state index contributed by atoms with van der Waals surface area (Å²) < 4.78 is 15.1. The number of aliphatic hydroxyl groups excluding tert-OH is 1. The van der Waals surface area contributed by atoms with Crippen molar-refractivity contribution in [3.05, 3.63) is 41.8 Å². The minimum Gasteiger partial charge on any atom is -0.393 e. The Hall–Kier alpha value is -1.72. The van der Waals surface area contributed by atoms with E-state index in [9.17, 15) is 9.50 Å². The van der Waals surface area contributed by atoms with Gasteiger partial charge in [-0.3, -0.25) is 4.68 Å². The number of aliphatic hydroxyl groups is 1. The van der Waals surface area contributed by atoms with E-state index in [1.54, 1.807) is 12.1 Å². The first kappa shape index (κ1) is 19.6. The molecule has 1 aromatic heterocycles. The molecule has 0 bridgehead atoms. The molecule has 1 unspecified atom stereocenters. The first-order valence-electron chi connectivity index (χ1n) is 9.22. The largest absolute Gasteiger partial charge is 0.393 e. The van der Waals surface area contributed by atoms with Crippen molar-refractivity contribution in [1.29, 1.82) is 0 Å². The molecule has 4 nitrogen and oxygen atoms in total. The normalized spacial score (nSPS) is 12.7. The molecule has 0 amide bonds. The van der Waals surface area contributed by atoms with Crippen LogP contribution in [0.25, 0.3) is 11.3 Å². The van der Waals surface area contributed by atoms with Gasteiger partial charge in [-0.25, -0.2) is 4.39 Å². The summed E-state index contributed by atoms with van der Waals surface area (Å²) in [7, 11) is 2.11. The molecule has 138 valence electrons. The standard InChI is InChI=1S/C20H30FN3O/c1-4-6-12-23(3)14-17-15-24(13-11-19(25)5-2)22-20(17)16-7-9-18(21)10-8-16/h7-10,15,19,25H,4-6,11-14H2,1-3H3. The molecule has 0 fully saturated rings. The molecule has 1 aromatic carbocycles. The Bertz CT molecular complexity index is 639. The molecule has 0 spiro atoms. The molecule has 0 saturated heterocycles. The maximum atomic E-state index is 13.2. The fourth-order valence-corrected chi connectivity index (χ4v) is 2.83. The third kappa shape index (κ3) is 5.94. The van der Waals surface area contributed by atoms with E-state index in [0.29, 0.717) is 13.0 Å². The third-order valence-electron chi connectivity index (χ3n) is 4.45. The van der Waals surface area contributed by atoms with Gasteiger partial charge in [-0.2, -0.15) is 5.10 Å². The average Bonchev–Trinajstić information content (AvgIpc) is 3.01. The summed E-state index contributed by atoms with van der Waals surface area (Å²) in [5, 5.41) is 14.5. The maximum Gasteiger partial charge on any atom is 0.123 e. The van der Waals surface area contributed by atoms with E-state index in [4.69, 9.17) is 5.10 Å². The molecule has 25 heavy (non-hydrogen) atoms. The van der Waals surface area contributed by atoms with Crippen LogP contribution in [0.2, 0.25) is 0 Å². The van der Waals surface area contributed by atoms with Crippen LogP contribution in [0.15, 0.2) is 30.5 Å². The van der Waals surface area contributed by atoms with Crippen molar-refractivity contribution in [2.75, 3.05) is 13.6 Å². The highest BCUT2D eigenvalue weighted by molar-refractivity contribution is 5.62. The van der Waals surface area contributed by atoms with Gasteiger partial charge in [0.05, 0.1) is 11.8 Å². The maximum absolute atomic E-state index is 13.2. The van der Waals surface area contributed by atoms with Crippen molar-refractivity contribution in [1.82, 2.24) is 14.7 Å². The van der Waals surface area contributed by atoms with Crippen molar-refractivity contribution < 1.29 is 9.50 Å². The van der Waals surface area contributed by atoms with Gasteiger partial charge in [0.15, 0.2) is 0 Å². The van der Waals surface area contributed by atoms with E-state index in [-0.39, 0.29) is 11.9 Å². The highest BCUT2D eigenvalue weighted by Gasteiger charge is 2.14. The van der Waals surface area contributed by atoms with Crippen LogP contribution in [0.4, 0.5) is 4.39 Å². The molecule has 0 radical (unpaired) electrons. The quantitative estimate of drug-likeness (QED) is 0.704. The molecule has 1 heterocycles. The lowest BCUT2D eigenvalue weighted by Gasteiger charge is -2.15. The molecular formula is C20H30FN3O. The van der Waals surface area contributed by atoms with E-state index < -0.39 is 0 Å². The summed E-state index contributed by atoms with van der Waals surface area (Å²) in [6.45, 7) is 6.70. The van der Waals surface area contributed by atoms with Crippen molar-refractivity contribution in [3.63, 3.8) is 0 Å². The molecule has 0 aliphatic carbocycles. The zero-order chi connectivity index (χ0) is 18.2. The minimum atomic E-state index is -0.297. The van der Waals surface area contributed by atoms with Crippen molar-refractivity contribution >= 4 is 0 Å². The molecule has 1 atom stereocenters. The number of aromatic nitrogens is 2. The molecule has 2 aromatic rings. The SMILES string of the molecule is CCCCN(C)Cc1cn(CCC(O)CC)nc1-c1ccc(F)cc1. The second-order valence-corrected chi connectivity index (χ2v) is 6.71. The Kier molecular flexibility index (Phi) is 7.59. The monoisotopic (exact) mass is 347 g/mol. The van der Waals surface area contributed by atoms with Crippen LogP contribution in [0.5, 0.6) is 0 Å². The van der Waals surface area contributed by atoms with E-state index in [1.165, 1.54) is 25.0 Å².